The van der Waals surface area contributed by atoms with Gasteiger partial charge in [0.2, 0.25) is 10.0 Å². The first kappa shape index (κ1) is 19.2. The van der Waals surface area contributed by atoms with Crippen molar-refractivity contribution in [3.8, 4) is 5.75 Å². The number of primary amides is 1. The van der Waals surface area contributed by atoms with E-state index >= 15 is 0 Å². The van der Waals surface area contributed by atoms with Gasteiger partial charge in [-0.1, -0.05) is 12.8 Å². The second-order valence-corrected chi connectivity index (χ2v) is 7.66. The Morgan fingerprint density at radius 1 is 1.16 bits per heavy atom. The van der Waals surface area contributed by atoms with Gasteiger partial charge in [0.15, 0.2) is 6.61 Å². The van der Waals surface area contributed by atoms with E-state index < -0.39 is 28.5 Å². The standard InChI is InChI=1S/C16H22N2O6S/c1-23-14-7-6-12(10-13(14)16(20)24-11-15(17)19)25(21,22)18-8-4-2-3-5-9-18/h6-7,10H,2-5,8-9,11H2,1H3,(H2,17,19). The number of nitrogens with two attached hydrogens (primary N) is 1. The summed E-state index contributed by atoms with van der Waals surface area (Å²) in [6.07, 6.45) is 3.62. The molecule has 2 rings (SSSR count). The van der Waals surface area contributed by atoms with Gasteiger partial charge in [0.25, 0.3) is 5.91 Å². The molecular weight excluding hydrogens is 348 g/mol. The summed E-state index contributed by atoms with van der Waals surface area (Å²) in [5, 5.41) is 0. The average molecular weight is 370 g/mol. The summed E-state index contributed by atoms with van der Waals surface area (Å²) >= 11 is 0. The number of carbonyl (C=O) groups excluding carboxylic acids is 2. The third kappa shape index (κ3) is 4.70. The molecule has 2 N–H and O–H groups in total. The fourth-order valence-corrected chi connectivity index (χ4v) is 4.20. The number of amides is 1. The van der Waals surface area contributed by atoms with E-state index in [0.717, 1.165) is 25.7 Å². The number of benzene rings is 1. The minimum Gasteiger partial charge on any atom is -0.496 e. The molecule has 1 fully saturated rings. The maximum atomic E-state index is 12.8. The molecule has 0 aromatic heterocycles. The fourth-order valence-electron chi connectivity index (χ4n) is 2.65. The zero-order valence-corrected chi connectivity index (χ0v) is 14.9. The third-order valence-corrected chi connectivity index (χ3v) is 5.83. The average Bonchev–Trinajstić information content (AvgIpc) is 2.88. The maximum absolute atomic E-state index is 12.8. The van der Waals surface area contributed by atoms with Crippen LogP contribution in [0.3, 0.4) is 0 Å². The molecule has 0 radical (unpaired) electrons. The smallest absolute Gasteiger partial charge is 0.342 e. The lowest BCUT2D eigenvalue weighted by atomic mass is 10.2. The van der Waals surface area contributed by atoms with Crippen molar-refractivity contribution in [1.29, 1.82) is 0 Å². The predicted octanol–water partition coefficient (Wildman–Crippen LogP) is 0.902. The van der Waals surface area contributed by atoms with Crippen molar-refractivity contribution in [3.63, 3.8) is 0 Å². The van der Waals surface area contributed by atoms with E-state index in [0.29, 0.717) is 13.1 Å². The Morgan fingerprint density at radius 2 is 1.80 bits per heavy atom. The second kappa shape index (κ2) is 8.30. The number of methoxy groups -OCH3 is 1. The van der Waals surface area contributed by atoms with E-state index in [1.54, 1.807) is 0 Å². The number of carbonyl (C=O) groups is 2. The van der Waals surface area contributed by atoms with Gasteiger partial charge in [-0.25, -0.2) is 13.2 Å². The topological polar surface area (TPSA) is 116 Å². The molecule has 0 unspecified atom stereocenters. The van der Waals surface area contributed by atoms with Crippen LogP contribution >= 0.6 is 0 Å². The molecule has 138 valence electrons. The first-order valence-corrected chi connectivity index (χ1v) is 9.44. The summed E-state index contributed by atoms with van der Waals surface area (Å²) in [5.74, 6) is -1.52. The minimum absolute atomic E-state index is 0.0128. The van der Waals surface area contributed by atoms with E-state index in [-0.39, 0.29) is 16.2 Å². The van der Waals surface area contributed by atoms with Gasteiger partial charge >= 0.3 is 5.97 Å². The number of hydrogen-bond donors (Lipinski definition) is 1. The van der Waals surface area contributed by atoms with Crippen LogP contribution in [0.4, 0.5) is 0 Å². The van der Waals surface area contributed by atoms with Crippen LogP contribution in [0.15, 0.2) is 23.1 Å². The molecule has 0 aliphatic carbocycles. The Hall–Kier alpha value is -2.13. The number of sulfonamides is 1. The van der Waals surface area contributed by atoms with Gasteiger partial charge in [-0.15, -0.1) is 0 Å². The maximum Gasteiger partial charge on any atom is 0.342 e. The summed E-state index contributed by atoms with van der Waals surface area (Å²) in [5.41, 5.74) is 4.88. The summed E-state index contributed by atoms with van der Waals surface area (Å²) in [6, 6.07) is 4.00. The van der Waals surface area contributed by atoms with E-state index in [9.17, 15) is 18.0 Å². The van der Waals surface area contributed by atoms with Crippen molar-refractivity contribution >= 4 is 21.9 Å². The molecule has 1 aromatic rings. The number of rotatable bonds is 6. The summed E-state index contributed by atoms with van der Waals surface area (Å²) < 4.78 is 37.0. The largest absolute Gasteiger partial charge is 0.496 e. The van der Waals surface area contributed by atoms with Gasteiger partial charge in [0.1, 0.15) is 11.3 Å². The Morgan fingerprint density at radius 3 is 2.36 bits per heavy atom. The van der Waals surface area contributed by atoms with Crippen LogP contribution in [0.25, 0.3) is 0 Å². The van der Waals surface area contributed by atoms with Gasteiger partial charge in [0, 0.05) is 13.1 Å². The molecule has 1 aromatic carbocycles. The molecule has 8 nitrogen and oxygen atoms in total. The lowest BCUT2D eigenvalue weighted by Gasteiger charge is -2.20. The van der Waals surface area contributed by atoms with Crippen molar-refractivity contribution in [3.05, 3.63) is 23.8 Å². The molecule has 0 spiro atoms. The summed E-state index contributed by atoms with van der Waals surface area (Å²) in [6.45, 7) is 0.316. The first-order valence-electron chi connectivity index (χ1n) is 8.00. The molecule has 0 saturated carbocycles. The molecule has 1 aliphatic heterocycles. The number of hydrogen-bond acceptors (Lipinski definition) is 6. The van der Waals surface area contributed by atoms with Crippen LogP contribution < -0.4 is 10.5 Å². The van der Waals surface area contributed by atoms with E-state index in [4.69, 9.17) is 15.2 Å². The van der Waals surface area contributed by atoms with E-state index in [1.165, 1.54) is 29.6 Å². The normalized spacial score (nSPS) is 16.0. The van der Waals surface area contributed by atoms with Crippen molar-refractivity contribution < 1.29 is 27.5 Å². The summed E-state index contributed by atoms with van der Waals surface area (Å²) in [7, 11) is -2.37. The molecular formula is C16H22N2O6S. The molecule has 1 amide bonds. The SMILES string of the molecule is COc1ccc(S(=O)(=O)N2CCCCCC2)cc1C(=O)OCC(N)=O. The van der Waals surface area contributed by atoms with Gasteiger partial charge in [-0.05, 0) is 31.0 Å². The minimum atomic E-state index is -3.72. The number of esters is 1. The van der Waals surface area contributed by atoms with Gasteiger partial charge in [-0.3, -0.25) is 4.79 Å². The molecule has 1 saturated heterocycles. The lowest BCUT2D eigenvalue weighted by molar-refractivity contribution is -0.121. The van der Waals surface area contributed by atoms with Gasteiger partial charge in [-0.2, -0.15) is 4.31 Å². The van der Waals surface area contributed by atoms with Crippen LogP contribution in [0.5, 0.6) is 5.75 Å². The number of ether oxygens (including phenoxy) is 2. The van der Waals surface area contributed by atoms with Crippen molar-refractivity contribution in [2.75, 3.05) is 26.8 Å². The zero-order valence-electron chi connectivity index (χ0n) is 14.1. The Bertz CT molecular complexity index is 739. The third-order valence-electron chi connectivity index (χ3n) is 3.94. The highest BCUT2D eigenvalue weighted by molar-refractivity contribution is 7.89. The van der Waals surface area contributed by atoms with E-state index in [2.05, 4.69) is 0 Å². The fraction of sp³-hybridized carbons (Fsp3) is 0.500. The summed E-state index contributed by atoms with van der Waals surface area (Å²) in [4.78, 5) is 22.9. The molecule has 25 heavy (non-hydrogen) atoms. The van der Waals surface area contributed by atoms with Gasteiger partial charge in [0.05, 0.1) is 12.0 Å². The number of nitrogens with zero attached hydrogens (tertiary/aromatic N) is 1. The van der Waals surface area contributed by atoms with Gasteiger partial charge < -0.3 is 15.2 Å². The molecule has 9 heteroatoms. The lowest BCUT2D eigenvalue weighted by Crippen LogP contribution is -2.32. The highest BCUT2D eigenvalue weighted by Crippen LogP contribution is 2.26. The molecule has 0 atom stereocenters. The van der Waals surface area contributed by atoms with Crippen LogP contribution in [0.2, 0.25) is 0 Å². The molecule has 0 bridgehead atoms. The van der Waals surface area contributed by atoms with Crippen LogP contribution in [-0.4, -0.2) is 51.4 Å². The molecule has 1 heterocycles. The Balaban J connectivity index is 2.33. The predicted molar refractivity (Wildman–Crippen MR) is 89.7 cm³/mol. The zero-order chi connectivity index (χ0) is 18.4. The molecule has 1 aliphatic rings. The highest BCUT2D eigenvalue weighted by Gasteiger charge is 2.27. The highest BCUT2D eigenvalue weighted by atomic mass is 32.2. The van der Waals surface area contributed by atoms with Crippen LogP contribution in [0.1, 0.15) is 36.0 Å². The van der Waals surface area contributed by atoms with Crippen molar-refractivity contribution in [2.24, 2.45) is 5.73 Å². The Kier molecular flexibility index (Phi) is 6.38. The Labute approximate surface area is 146 Å². The van der Waals surface area contributed by atoms with E-state index in [1.807, 2.05) is 0 Å². The monoisotopic (exact) mass is 370 g/mol. The van der Waals surface area contributed by atoms with Crippen molar-refractivity contribution in [1.82, 2.24) is 4.31 Å². The van der Waals surface area contributed by atoms with Crippen LogP contribution in [-0.2, 0) is 19.6 Å². The van der Waals surface area contributed by atoms with Crippen molar-refractivity contribution in [2.45, 2.75) is 30.6 Å². The first-order chi connectivity index (χ1) is 11.9. The second-order valence-electron chi connectivity index (χ2n) is 5.72. The quantitative estimate of drug-likeness (QED) is 0.744. The van der Waals surface area contributed by atoms with Crippen LogP contribution in [0, 0.1) is 0 Å².